The van der Waals surface area contributed by atoms with Crippen molar-refractivity contribution in [3.63, 3.8) is 0 Å². The Bertz CT molecular complexity index is 458. The van der Waals surface area contributed by atoms with Crippen LogP contribution < -0.4 is 10.1 Å². The van der Waals surface area contributed by atoms with Gasteiger partial charge in [-0.15, -0.1) is 0 Å². The highest BCUT2D eigenvalue weighted by Crippen LogP contribution is 2.27. The topological polar surface area (TPSA) is 44.7 Å². The van der Waals surface area contributed by atoms with Crippen LogP contribution in [0.3, 0.4) is 0 Å². The van der Waals surface area contributed by atoms with Gasteiger partial charge in [0.15, 0.2) is 0 Å². The van der Waals surface area contributed by atoms with E-state index in [1.807, 2.05) is 31.2 Å². The van der Waals surface area contributed by atoms with E-state index < -0.39 is 6.10 Å². The maximum absolute atomic E-state index is 10.1. The van der Waals surface area contributed by atoms with Gasteiger partial charge in [0.2, 0.25) is 0 Å². The fourth-order valence-electron chi connectivity index (χ4n) is 3.45. The van der Waals surface area contributed by atoms with E-state index in [0.29, 0.717) is 19.2 Å². The minimum Gasteiger partial charge on any atom is -0.491 e. The maximum Gasteiger partial charge on any atom is 0.122 e. The molecule has 4 rings (SSSR count). The molecule has 0 radical (unpaired) electrons. The second-order valence-corrected chi connectivity index (χ2v) is 6.38. The molecule has 1 aromatic carbocycles. The third kappa shape index (κ3) is 3.76. The largest absolute Gasteiger partial charge is 0.491 e. The zero-order valence-corrected chi connectivity index (χ0v) is 12.8. The van der Waals surface area contributed by atoms with E-state index >= 15 is 0 Å². The molecule has 0 aromatic heterocycles. The Hall–Kier alpha value is -1.10. The van der Waals surface area contributed by atoms with Crippen molar-refractivity contribution in [2.75, 3.05) is 32.8 Å². The number of benzene rings is 1. The Kier molecular flexibility index (Phi) is 4.78. The molecule has 0 aliphatic carbocycles. The van der Waals surface area contributed by atoms with Crippen molar-refractivity contribution in [1.29, 1.82) is 0 Å². The summed E-state index contributed by atoms with van der Waals surface area (Å²) in [6.07, 6.45) is 2.14. The molecule has 3 aliphatic heterocycles. The van der Waals surface area contributed by atoms with Crippen LogP contribution in [0.2, 0.25) is 0 Å². The van der Waals surface area contributed by atoms with Gasteiger partial charge in [-0.3, -0.25) is 0 Å². The molecule has 2 bridgehead atoms. The summed E-state index contributed by atoms with van der Waals surface area (Å²) in [6, 6.07) is 8.46. The lowest BCUT2D eigenvalue weighted by molar-refractivity contribution is 0.0550. The van der Waals surface area contributed by atoms with Crippen LogP contribution in [0.25, 0.3) is 0 Å². The molecular weight excluding hydrogens is 264 g/mol. The predicted molar refractivity (Wildman–Crippen MR) is 83.6 cm³/mol. The van der Waals surface area contributed by atoms with Crippen LogP contribution in [0, 0.1) is 12.8 Å². The minimum absolute atomic E-state index is 0.346. The highest BCUT2D eigenvalue weighted by atomic mass is 16.5. The van der Waals surface area contributed by atoms with Gasteiger partial charge < -0.3 is 20.1 Å². The fourth-order valence-corrected chi connectivity index (χ4v) is 3.45. The van der Waals surface area contributed by atoms with Crippen molar-refractivity contribution in [3.05, 3.63) is 29.8 Å². The molecule has 3 heterocycles. The third-order valence-corrected chi connectivity index (χ3v) is 4.80. The number of aliphatic hydroxyl groups is 1. The number of rotatable bonds is 6. The van der Waals surface area contributed by atoms with Crippen LogP contribution in [0.15, 0.2) is 24.3 Å². The molecule has 0 amide bonds. The first kappa shape index (κ1) is 14.8. The van der Waals surface area contributed by atoms with Crippen molar-refractivity contribution < 1.29 is 9.84 Å². The number of ether oxygens (including phenoxy) is 1. The van der Waals surface area contributed by atoms with Crippen molar-refractivity contribution >= 4 is 0 Å². The summed E-state index contributed by atoms with van der Waals surface area (Å²) in [5.74, 6) is 1.65. The van der Waals surface area contributed by atoms with Crippen LogP contribution >= 0.6 is 0 Å². The highest BCUT2D eigenvalue weighted by Gasteiger charge is 2.33. The van der Waals surface area contributed by atoms with Crippen LogP contribution in [0.1, 0.15) is 18.4 Å². The van der Waals surface area contributed by atoms with Gasteiger partial charge >= 0.3 is 0 Å². The molecule has 3 aliphatic rings. The number of hydrogen-bond acceptors (Lipinski definition) is 4. The number of para-hydroxylation sites is 1. The molecular formula is C17H26N2O2. The van der Waals surface area contributed by atoms with Crippen molar-refractivity contribution in [2.45, 2.75) is 31.9 Å². The van der Waals surface area contributed by atoms with Crippen LogP contribution in [-0.2, 0) is 0 Å². The van der Waals surface area contributed by atoms with Gasteiger partial charge in [0, 0.05) is 19.1 Å². The summed E-state index contributed by atoms with van der Waals surface area (Å²) in [6.45, 7) is 6.62. The van der Waals surface area contributed by atoms with E-state index in [2.05, 4.69) is 10.2 Å². The van der Waals surface area contributed by atoms with E-state index in [9.17, 15) is 5.11 Å². The van der Waals surface area contributed by atoms with Crippen molar-refractivity contribution in [2.24, 2.45) is 5.92 Å². The average Bonchev–Trinajstić information content (AvgIpc) is 2.53. The molecule has 3 saturated heterocycles. The summed E-state index contributed by atoms with van der Waals surface area (Å²) in [7, 11) is 0. The van der Waals surface area contributed by atoms with E-state index in [0.717, 1.165) is 23.8 Å². The second-order valence-electron chi connectivity index (χ2n) is 6.38. The zero-order chi connectivity index (χ0) is 14.7. The number of aliphatic hydroxyl groups excluding tert-OH is 1. The molecule has 1 aromatic rings. The maximum atomic E-state index is 10.1. The Balaban J connectivity index is 1.40. The van der Waals surface area contributed by atoms with E-state index in [1.165, 1.54) is 25.9 Å². The Morgan fingerprint density at radius 1 is 1.33 bits per heavy atom. The summed E-state index contributed by atoms with van der Waals surface area (Å²) < 4.78 is 5.70. The molecule has 21 heavy (non-hydrogen) atoms. The molecule has 3 fully saturated rings. The molecule has 116 valence electrons. The fraction of sp³-hybridized carbons (Fsp3) is 0.647. The van der Waals surface area contributed by atoms with Gasteiger partial charge in [-0.25, -0.2) is 0 Å². The molecule has 0 saturated carbocycles. The smallest absolute Gasteiger partial charge is 0.122 e. The lowest BCUT2D eigenvalue weighted by atomic mass is 9.84. The van der Waals surface area contributed by atoms with E-state index in [4.69, 9.17) is 4.74 Å². The lowest BCUT2D eigenvalue weighted by Crippen LogP contribution is -2.57. The standard InChI is InChI=1S/C17H26N2O2/c1-13-4-2-3-5-17(13)21-12-15(20)10-18-16-11-19-8-6-14(16)7-9-19/h2-5,14-16,18,20H,6-12H2,1H3/t15-,16+/m0/s1. The number of nitrogens with one attached hydrogen (secondary N) is 1. The van der Waals surface area contributed by atoms with Gasteiger partial charge in [0.1, 0.15) is 18.5 Å². The molecule has 2 N–H and O–H groups in total. The summed E-state index contributed by atoms with van der Waals surface area (Å²) in [5.41, 5.74) is 1.11. The first-order valence-electron chi connectivity index (χ1n) is 8.04. The monoisotopic (exact) mass is 290 g/mol. The van der Waals surface area contributed by atoms with E-state index in [-0.39, 0.29) is 0 Å². The summed E-state index contributed by atoms with van der Waals surface area (Å²) in [4.78, 5) is 2.52. The van der Waals surface area contributed by atoms with Gasteiger partial charge in [0.05, 0.1) is 0 Å². The van der Waals surface area contributed by atoms with Crippen molar-refractivity contribution in [1.82, 2.24) is 10.2 Å². The predicted octanol–water partition coefficient (Wildman–Crippen LogP) is 1.42. The van der Waals surface area contributed by atoms with Crippen molar-refractivity contribution in [3.8, 4) is 5.75 Å². The van der Waals surface area contributed by atoms with Gasteiger partial charge in [0.25, 0.3) is 0 Å². The average molecular weight is 290 g/mol. The normalized spacial score (nSPS) is 29.3. The third-order valence-electron chi connectivity index (χ3n) is 4.80. The van der Waals surface area contributed by atoms with Crippen LogP contribution in [-0.4, -0.2) is 54.9 Å². The molecule has 4 heteroatoms. The molecule has 0 unspecified atom stereocenters. The van der Waals surface area contributed by atoms with Crippen LogP contribution in [0.5, 0.6) is 5.75 Å². The summed E-state index contributed by atoms with van der Waals surface area (Å²) in [5, 5.41) is 13.6. The Morgan fingerprint density at radius 2 is 2.10 bits per heavy atom. The van der Waals surface area contributed by atoms with Gasteiger partial charge in [-0.2, -0.15) is 0 Å². The van der Waals surface area contributed by atoms with Gasteiger partial charge in [-0.1, -0.05) is 18.2 Å². The number of fused-ring (bicyclic) bond motifs is 3. The number of aryl methyl sites for hydroxylation is 1. The summed E-state index contributed by atoms with van der Waals surface area (Å²) >= 11 is 0. The van der Waals surface area contributed by atoms with E-state index in [1.54, 1.807) is 0 Å². The second kappa shape index (κ2) is 6.77. The number of hydrogen-bond donors (Lipinski definition) is 2. The Labute approximate surface area is 127 Å². The highest BCUT2D eigenvalue weighted by molar-refractivity contribution is 5.31. The quantitative estimate of drug-likeness (QED) is 0.832. The van der Waals surface area contributed by atoms with Gasteiger partial charge in [-0.05, 0) is 50.4 Å². The minimum atomic E-state index is -0.458. The zero-order valence-electron chi connectivity index (χ0n) is 12.8. The Morgan fingerprint density at radius 3 is 2.76 bits per heavy atom. The molecule has 0 spiro atoms. The SMILES string of the molecule is Cc1ccccc1OC[C@@H](O)CN[C@@H]1CN2CCC1CC2. The molecule has 2 atom stereocenters. The number of piperidine rings is 3. The van der Waals surface area contributed by atoms with Crippen LogP contribution in [0.4, 0.5) is 0 Å². The molecule has 4 nitrogen and oxygen atoms in total. The lowest BCUT2D eigenvalue weighted by Gasteiger charge is -2.45. The first-order chi connectivity index (χ1) is 10.2. The first-order valence-corrected chi connectivity index (χ1v) is 8.04. The number of nitrogens with zero attached hydrogens (tertiary/aromatic N) is 1.